The highest BCUT2D eigenvalue weighted by atomic mass is 79.9. The van der Waals surface area contributed by atoms with E-state index >= 15 is 0 Å². The van der Waals surface area contributed by atoms with Crippen molar-refractivity contribution in [3.05, 3.63) is 76.0 Å². The maximum absolute atomic E-state index is 12.6. The molecule has 0 aliphatic heterocycles. The van der Waals surface area contributed by atoms with Crippen LogP contribution in [0.25, 0.3) is 0 Å². The molecule has 3 rings (SSSR count). The predicted molar refractivity (Wildman–Crippen MR) is 111 cm³/mol. The minimum Gasteiger partial charge on any atom is -0.497 e. The topological polar surface area (TPSA) is 64.1 Å². The van der Waals surface area contributed by atoms with Crippen LogP contribution in [-0.4, -0.2) is 23.0 Å². The van der Waals surface area contributed by atoms with E-state index in [0.717, 1.165) is 11.5 Å². The van der Waals surface area contributed by atoms with Gasteiger partial charge in [-0.25, -0.2) is 9.97 Å². The monoisotopic (exact) mass is 443 g/mol. The largest absolute Gasteiger partial charge is 0.497 e. The molecule has 0 bridgehead atoms. The minimum absolute atomic E-state index is 0.298. The second-order valence-corrected chi connectivity index (χ2v) is 7.60. The number of ether oxygens (including phenoxy) is 1. The molecular weight excluding hydrogens is 426 g/mol. The molecular formula is C20H18BrN3O2S. The smallest absolute Gasteiger partial charge is 0.275 e. The van der Waals surface area contributed by atoms with E-state index in [1.807, 2.05) is 0 Å². The number of carbonyl (C=O) groups excluding carboxylic acids is 1. The first-order valence-electron chi connectivity index (χ1n) is 8.21. The van der Waals surface area contributed by atoms with Gasteiger partial charge in [-0.15, -0.1) is 0 Å². The number of nitrogens with one attached hydrogen (secondary N) is 1. The summed E-state index contributed by atoms with van der Waals surface area (Å²) in [4.78, 5) is 21.3. The van der Waals surface area contributed by atoms with E-state index in [1.165, 1.54) is 22.9 Å². The van der Waals surface area contributed by atoms with E-state index in [2.05, 4.69) is 62.4 Å². The van der Waals surface area contributed by atoms with Crippen LogP contribution in [0, 0.1) is 6.92 Å². The first kappa shape index (κ1) is 19.4. The molecule has 2 aromatic carbocycles. The summed E-state index contributed by atoms with van der Waals surface area (Å²) in [5, 5.41) is 3.39. The zero-order chi connectivity index (χ0) is 19.2. The van der Waals surface area contributed by atoms with Crippen molar-refractivity contribution >= 4 is 39.3 Å². The van der Waals surface area contributed by atoms with E-state index in [-0.39, 0.29) is 5.91 Å². The number of halogens is 1. The quantitative estimate of drug-likeness (QED) is 0.423. The maximum atomic E-state index is 12.6. The Morgan fingerprint density at radius 2 is 1.85 bits per heavy atom. The summed E-state index contributed by atoms with van der Waals surface area (Å²) in [5.41, 5.74) is 3.37. The average molecular weight is 444 g/mol. The molecule has 1 N–H and O–H groups in total. The van der Waals surface area contributed by atoms with Crippen LogP contribution in [0.4, 0.5) is 5.69 Å². The van der Waals surface area contributed by atoms with Crippen LogP contribution in [-0.2, 0) is 5.75 Å². The molecule has 1 amide bonds. The number of benzene rings is 2. The molecule has 7 heteroatoms. The molecule has 0 unspecified atom stereocenters. The van der Waals surface area contributed by atoms with E-state index in [9.17, 15) is 4.79 Å². The van der Waals surface area contributed by atoms with Crippen LogP contribution in [0.1, 0.15) is 21.6 Å². The number of hydrogen-bond acceptors (Lipinski definition) is 5. The summed E-state index contributed by atoms with van der Waals surface area (Å²) in [7, 11) is 1.60. The third kappa shape index (κ3) is 5.30. The summed E-state index contributed by atoms with van der Waals surface area (Å²) in [6.07, 6.45) is 1.60. The lowest BCUT2D eigenvalue weighted by Gasteiger charge is -2.08. The molecule has 0 saturated heterocycles. The molecule has 0 fully saturated rings. The summed E-state index contributed by atoms with van der Waals surface area (Å²) in [6, 6.07) is 15.4. The minimum atomic E-state index is -0.299. The number of amides is 1. The second kappa shape index (κ2) is 9.01. The second-order valence-electron chi connectivity index (χ2n) is 5.81. The van der Waals surface area contributed by atoms with Crippen molar-refractivity contribution < 1.29 is 9.53 Å². The van der Waals surface area contributed by atoms with Gasteiger partial charge in [-0.2, -0.15) is 0 Å². The number of carbonyl (C=O) groups is 1. The molecule has 138 valence electrons. The molecule has 0 spiro atoms. The first-order valence-corrected chi connectivity index (χ1v) is 9.99. The number of rotatable bonds is 6. The van der Waals surface area contributed by atoms with Gasteiger partial charge in [-0.05, 0) is 52.7 Å². The third-order valence-electron chi connectivity index (χ3n) is 3.77. The van der Waals surface area contributed by atoms with Crippen molar-refractivity contribution in [3.8, 4) is 5.75 Å². The van der Waals surface area contributed by atoms with Gasteiger partial charge in [0.05, 0.1) is 11.6 Å². The van der Waals surface area contributed by atoms with E-state index in [4.69, 9.17) is 4.74 Å². The summed E-state index contributed by atoms with van der Waals surface area (Å²) < 4.78 is 5.67. The Balaban J connectivity index is 1.69. The third-order valence-corrected chi connectivity index (χ3v) is 5.29. The number of anilines is 1. The van der Waals surface area contributed by atoms with Crippen molar-refractivity contribution in [2.75, 3.05) is 12.4 Å². The molecule has 0 aliphatic rings. The zero-order valence-corrected chi connectivity index (χ0v) is 17.3. The fraction of sp³-hybridized carbons (Fsp3) is 0.150. The highest BCUT2D eigenvalue weighted by Gasteiger charge is 2.14. The van der Waals surface area contributed by atoms with Gasteiger partial charge in [0.1, 0.15) is 11.4 Å². The Kier molecular flexibility index (Phi) is 6.47. The van der Waals surface area contributed by atoms with Crippen molar-refractivity contribution in [1.82, 2.24) is 9.97 Å². The highest BCUT2D eigenvalue weighted by Crippen LogP contribution is 2.23. The Morgan fingerprint density at radius 3 is 2.52 bits per heavy atom. The Morgan fingerprint density at radius 1 is 1.15 bits per heavy atom. The summed E-state index contributed by atoms with van der Waals surface area (Å²) >= 11 is 4.85. The van der Waals surface area contributed by atoms with Crippen molar-refractivity contribution in [3.63, 3.8) is 0 Å². The lowest BCUT2D eigenvalue weighted by Crippen LogP contribution is -2.15. The SMILES string of the molecule is COc1ccc(NC(=O)c2nc(SCc3ccc(C)cc3)ncc2Br)cc1. The standard InChI is InChI=1S/C20H18BrN3O2S/c1-13-3-5-14(6-4-13)12-27-20-22-11-17(21)18(24-20)19(25)23-15-7-9-16(26-2)10-8-15/h3-11H,12H2,1-2H3,(H,23,25). The molecule has 0 saturated carbocycles. The lowest BCUT2D eigenvalue weighted by molar-refractivity contribution is 0.102. The molecule has 3 aromatic rings. The van der Waals surface area contributed by atoms with Crippen LogP contribution < -0.4 is 10.1 Å². The van der Waals surface area contributed by atoms with Gasteiger partial charge < -0.3 is 10.1 Å². The molecule has 0 atom stereocenters. The lowest BCUT2D eigenvalue weighted by atomic mass is 10.2. The fourth-order valence-corrected chi connectivity index (χ4v) is 3.42. The average Bonchev–Trinajstić information content (AvgIpc) is 2.69. The molecule has 0 radical (unpaired) electrons. The van der Waals surface area contributed by atoms with Crippen molar-refractivity contribution in [2.45, 2.75) is 17.8 Å². The van der Waals surface area contributed by atoms with Crippen LogP contribution in [0.3, 0.4) is 0 Å². The van der Waals surface area contributed by atoms with Crippen LogP contribution in [0.5, 0.6) is 5.75 Å². The number of methoxy groups -OCH3 is 1. The van der Waals surface area contributed by atoms with Crippen molar-refractivity contribution in [1.29, 1.82) is 0 Å². The molecule has 1 heterocycles. The van der Waals surface area contributed by atoms with Gasteiger partial charge in [0, 0.05) is 17.6 Å². The first-order chi connectivity index (χ1) is 13.0. The van der Waals surface area contributed by atoms with Crippen molar-refractivity contribution in [2.24, 2.45) is 0 Å². The highest BCUT2D eigenvalue weighted by molar-refractivity contribution is 9.10. The van der Waals surface area contributed by atoms with E-state index in [0.29, 0.717) is 21.0 Å². The van der Waals surface area contributed by atoms with Gasteiger partial charge in [0.25, 0.3) is 5.91 Å². The fourth-order valence-electron chi connectivity index (χ4n) is 2.28. The number of nitrogens with zero attached hydrogens (tertiary/aromatic N) is 2. The molecule has 27 heavy (non-hydrogen) atoms. The summed E-state index contributed by atoms with van der Waals surface area (Å²) in [6.45, 7) is 2.06. The van der Waals surface area contributed by atoms with Crippen LogP contribution in [0.15, 0.2) is 64.4 Å². The summed E-state index contributed by atoms with van der Waals surface area (Å²) in [5.74, 6) is 1.17. The predicted octanol–water partition coefficient (Wildman–Crippen LogP) is 5.10. The zero-order valence-electron chi connectivity index (χ0n) is 14.9. The number of hydrogen-bond donors (Lipinski definition) is 1. The Bertz CT molecular complexity index is 931. The maximum Gasteiger partial charge on any atom is 0.275 e. The van der Waals surface area contributed by atoms with E-state index in [1.54, 1.807) is 37.6 Å². The number of aryl methyl sites for hydroxylation is 1. The normalized spacial score (nSPS) is 10.5. The van der Waals surface area contributed by atoms with Gasteiger partial charge in [-0.1, -0.05) is 41.6 Å². The van der Waals surface area contributed by atoms with Gasteiger partial charge in [0.15, 0.2) is 5.16 Å². The molecule has 1 aromatic heterocycles. The van der Waals surface area contributed by atoms with Gasteiger partial charge >= 0.3 is 0 Å². The number of thioether (sulfide) groups is 1. The van der Waals surface area contributed by atoms with E-state index < -0.39 is 0 Å². The Labute approximate surface area is 170 Å². The molecule has 0 aliphatic carbocycles. The number of aromatic nitrogens is 2. The van der Waals surface area contributed by atoms with Crippen LogP contribution in [0.2, 0.25) is 0 Å². The van der Waals surface area contributed by atoms with Crippen LogP contribution >= 0.6 is 27.7 Å². The molecule has 5 nitrogen and oxygen atoms in total. The van der Waals surface area contributed by atoms with Gasteiger partial charge in [0.2, 0.25) is 0 Å². The Hall–Kier alpha value is -2.38. The van der Waals surface area contributed by atoms with Gasteiger partial charge in [-0.3, -0.25) is 4.79 Å².